The summed E-state index contributed by atoms with van der Waals surface area (Å²) in [5.41, 5.74) is -1.01. The van der Waals surface area contributed by atoms with E-state index >= 15 is 0 Å². The van der Waals surface area contributed by atoms with Crippen LogP contribution in [-0.2, 0) is 31.2 Å². The van der Waals surface area contributed by atoms with Crippen molar-refractivity contribution in [2.24, 2.45) is 7.05 Å². The van der Waals surface area contributed by atoms with E-state index in [2.05, 4.69) is 15.4 Å². The summed E-state index contributed by atoms with van der Waals surface area (Å²) in [5.74, 6) is -5.61. The molecule has 0 radical (unpaired) electrons. The van der Waals surface area contributed by atoms with Crippen molar-refractivity contribution in [1.82, 2.24) is 30.1 Å². The number of nitrogens with one attached hydrogen (secondary N) is 1. The number of halogens is 5. The standard InChI is InChI=1S/C24H25F5N6O4/c1-22(21(37)38,11-24(27,28)29)30-20(36)16-7-13(10-23(2,25)26)18-14-9-15(19-31-33-34(3)32-19)17(39-4)8-12(14)5-6-35(16)18/h7-9H,5-6,10-11H2,1-4H3,(H,30,36)(H,37,38)/t22-/m0/s1. The number of ether oxygens (including phenoxy) is 1. The van der Waals surface area contributed by atoms with Gasteiger partial charge in [0.05, 0.1) is 31.8 Å². The maximum Gasteiger partial charge on any atom is 0.391 e. The van der Waals surface area contributed by atoms with Crippen LogP contribution in [0.4, 0.5) is 22.0 Å². The molecular weight excluding hydrogens is 531 g/mol. The topological polar surface area (TPSA) is 124 Å². The molecule has 1 aliphatic heterocycles. The van der Waals surface area contributed by atoms with Crippen molar-refractivity contribution >= 4 is 11.9 Å². The number of carboxylic acids is 1. The van der Waals surface area contributed by atoms with Crippen LogP contribution in [0.15, 0.2) is 18.2 Å². The Morgan fingerprint density at radius 3 is 2.36 bits per heavy atom. The predicted octanol–water partition coefficient (Wildman–Crippen LogP) is 3.63. The Labute approximate surface area is 218 Å². The number of hydrogen-bond acceptors (Lipinski definition) is 6. The monoisotopic (exact) mass is 556 g/mol. The second-order valence-corrected chi connectivity index (χ2v) is 9.75. The van der Waals surface area contributed by atoms with Crippen LogP contribution in [0.1, 0.15) is 41.9 Å². The molecule has 2 aromatic heterocycles. The quantitative estimate of drug-likeness (QED) is 0.406. The molecule has 0 spiro atoms. The number of aromatic nitrogens is 5. The van der Waals surface area contributed by atoms with E-state index in [0.717, 1.165) is 13.0 Å². The number of carbonyl (C=O) groups excluding carboxylic acids is 1. The Kier molecular flexibility index (Phi) is 6.89. The number of nitrogens with zero attached hydrogens (tertiary/aromatic N) is 5. The highest BCUT2D eigenvalue weighted by Gasteiger charge is 2.46. The van der Waals surface area contributed by atoms with Crippen LogP contribution in [0.25, 0.3) is 22.6 Å². The van der Waals surface area contributed by atoms with E-state index in [4.69, 9.17) is 4.74 Å². The number of carbonyl (C=O) groups is 2. The molecule has 210 valence electrons. The maximum atomic E-state index is 14.2. The molecule has 15 heteroatoms. The molecular formula is C24H25F5N6O4. The third kappa shape index (κ3) is 5.71. The van der Waals surface area contributed by atoms with Gasteiger partial charge >= 0.3 is 12.1 Å². The van der Waals surface area contributed by atoms with E-state index in [-0.39, 0.29) is 29.3 Å². The van der Waals surface area contributed by atoms with Crippen molar-refractivity contribution in [3.8, 4) is 28.4 Å². The third-order valence-corrected chi connectivity index (χ3v) is 6.36. The average Bonchev–Trinajstić information content (AvgIpc) is 3.39. The number of tetrazole rings is 1. The lowest BCUT2D eigenvalue weighted by Crippen LogP contribution is -2.54. The first-order valence-corrected chi connectivity index (χ1v) is 11.7. The second kappa shape index (κ2) is 9.61. The van der Waals surface area contributed by atoms with Gasteiger partial charge < -0.3 is 19.7 Å². The molecule has 0 saturated heterocycles. The fourth-order valence-corrected chi connectivity index (χ4v) is 4.72. The number of alkyl halides is 5. The number of aryl methyl sites for hydroxylation is 2. The minimum Gasteiger partial charge on any atom is -0.496 e. The van der Waals surface area contributed by atoms with Crippen molar-refractivity contribution < 1.29 is 41.4 Å². The Hall–Kier alpha value is -4.04. The van der Waals surface area contributed by atoms with Crippen molar-refractivity contribution in [3.63, 3.8) is 0 Å². The molecule has 3 aromatic rings. The van der Waals surface area contributed by atoms with Gasteiger partial charge in [-0.1, -0.05) is 0 Å². The molecule has 1 aromatic carbocycles. The summed E-state index contributed by atoms with van der Waals surface area (Å²) in [4.78, 5) is 26.1. The fourth-order valence-electron chi connectivity index (χ4n) is 4.72. The molecule has 1 aliphatic rings. The minimum atomic E-state index is -4.89. The van der Waals surface area contributed by atoms with E-state index in [1.54, 1.807) is 19.2 Å². The van der Waals surface area contributed by atoms with Crippen LogP contribution in [0, 0.1) is 0 Å². The summed E-state index contributed by atoms with van der Waals surface area (Å²) in [5, 5.41) is 23.4. The summed E-state index contributed by atoms with van der Waals surface area (Å²) >= 11 is 0. The summed E-state index contributed by atoms with van der Waals surface area (Å²) in [6.45, 7) is 1.56. The molecule has 0 unspecified atom stereocenters. The highest BCUT2D eigenvalue weighted by atomic mass is 19.4. The van der Waals surface area contributed by atoms with Gasteiger partial charge in [-0.05, 0) is 54.8 Å². The highest BCUT2D eigenvalue weighted by molar-refractivity contribution is 5.98. The lowest BCUT2D eigenvalue weighted by atomic mass is 9.92. The van der Waals surface area contributed by atoms with Crippen molar-refractivity contribution in [2.75, 3.05) is 7.11 Å². The zero-order valence-electron chi connectivity index (χ0n) is 21.4. The van der Waals surface area contributed by atoms with Gasteiger partial charge in [0.25, 0.3) is 5.91 Å². The van der Waals surface area contributed by atoms with E-state index in [9.17, 15) is 36.6 Å². The smallest absolute Gasteiger partial charge is 0.391 e. The van der Waals surface area contributed by atoms with Crippen LogP contribution in [0.5, 0.6) is 5.75 Å². The number of carboxylic acid groups (broad SMARTS) is 1. The Morgan fingerprint density at radius 2 is 1.82 bits per heavy atom. The number of methoxy groups -OCH3 is 1. The van der Waals surface area contributed by atoms with Crippen molar-refractivity contribution in [2.45, 2.75) is 57.3 Å². The van der Waals surface area contributed by atoms with Gasteiger partial charge in [-0.2, -0.15) is 18.0 Å². The van der Waals surface area contributed by atoms with Gasteiger partial charge in [-0.15, -0.1) is 10.2 Å². The first-order valence-electron chi connectivity index (χ1n) is 11.7. The first kappa shape index (κ1) is 28.0. The van der Waals surface area contributed by atoms with Crippen molar-refractivity contribution in [3.05, 3.63) is 35.0 Å². The maximum absolute atomic E-state index is 14.2. The van der Waals surface area contributed by atoms with E-state index in [1.165, 1.54) is 16.5 Å². The van der Waals surface area contributed by atoms with Gasteiger partial charge in [0.1, 0.15) is 17.0 Å². The highest BCUT2D eigenvalue weighted by Crippen LogP contribution is 2.42. The first-order chi connectivity index (χ1) is 18.0. The number of fused-ring (bicyclic) bond motifs is 3. The SMILES string of the molecule is COc1cc2c(cc1-c1nnn(C)n1)-c1c(CC(C)(F)F)cc(C(=O)N[C@@](C)(CC(F)(F)F)C(=O)O)n1CC2. The number of aliphatic carboxylic acids is 1. The molecule has 10 nitrogen and oxygen atoms in total. The number of hydrogen-bond donors (Lipinski definition) is 2. The normalized spacial score (nSPS) is 14.8. The van der Waals surface area contributed by atoms with Gasteiger partial charge in [0.2, 0.25) is 11.7 Å². The van der Waals surface area contributed by atoms with Crippen LogP contribution < -0.4 is 10.1 Å². The largest absolute Gasteiger partial charge is 0.496 e. The van der Waals surface area contributed by atoms with Gasteiger partial charge in [-0.25, -0.2) is 13.6 Å². The number of rotatable bonds is 8. The fraction of sp³-hybridized carbons (Fsp3) is 0.458. The third-order valence-electron chi connectivity index (χ3n) is 6.36. The number of amides is 1. The molecule has 1 amide bonds. The van der Waals surface area contributed by atoms with Gasteiger partial charge in [0.15, 0.2) is 0 Å². The summed E-state index contributed by atoms with van der Waals surface area (Å²) in [6.07, 6.45) is -7.18. The summed E-state index contributed by atoms with van der Waals surface area (Å²) < 4.78 is 74.7. The molecule has 39 heavy (non-hydrogen) atoms. The zero-order chi connectivity index (χ0) is 28.9. The minimum absolute atomic E-state index is 0.0599. The van der Waals surface area contributed by atoms with E-state index < -0.39 is 42.4 Å². The molecule has 0 saturated carbocycles. The van der Waals surface area contributed by atoms with Crippen LogP contribution >= 0.6 is 0 Å². The Balaban J connectivity index is 1.86. The summed E-state index contributed by atoms with van der Waals surface area (Å²) in [7, 11) is 3.00. The molecule has 4 rings (SSSR count). The van der Waals surface area contributed by atoms with Gasteiger partial charge in [-0.3, -0.25) is 4.79 Å². The van der Waals surface area contributed by atoms with Crippen molar-refractivity contribution in [1.29, 1.82) is 0 Å². The molecule has 3 heterocycles. The molecule has 0 aliphatic carbocycles. The predicted molar refractivity (Wildman–Crippen MR) is 126 cm³/mol. The molecule has 2 N–H and O–H groups in total. The van der Waals surface area contributed by atoms with Crippen LogP contribution in [0.3, 0.4) is 0 Å². The number of benzene rings is 1. The van der Waals surface area contributed by atoms with Crippen LogP contribution in [-0.4, -0.2) is 66.5 Å². The van der Waals surface area contributed by atoms with E-state index in [0.29, 0.717) is 35.8 Å². The van der Waals surface area contributed by atoms with E-state index in [1.807, 2.05) is 5.32 Å². The molecule has 0 bridgehead atoms. The van der Waals surface area contributed by atoms with Crippen LogP contribution in [0.2, 0.25) is 0 Å². The average molecular weight is 556 g/mol. The zero-order valence-corrected chi connectivity index (χ0v) is 21.4. The van der Waals surface area contributed by atoms with Gasteiger partial charge in [0, 0.05) is 18.5 Å². The Morgan fingerprint density at radius 1 is 1.13 bits per heavy atom. The second-order valence-electron chi connectivity index (χ2n) is 9.75. The molecule has 0 fully saturated rings. The lowest BCUT2D eigenvalue weighted by molar-refractivity contribution is -0.167. The molecule has 1 atom stereocenters. The lowest BCUT2D eigenvalue weighted by Gasteiger charge is -2.28. The Bertz CT molecular complexity index is 1440. The summed E-state index contributed by atoms with van der Waals surface area (Å²) in [6, 6.07) is 4.49.